The fourth-order valence-electron chi connectivity index (χ4n) is 2.71. The monoisotopic (exact) mass is 344 g/mol. The van der Waals surface area contributed by atoms with Crippen LogP contribution in [0.2, 0.25) is 0 Å². The predicted molar refractivity (Wildman–Crippen MR) is 89.5 cm³/mol. The second kappa shape index (κ2) is 5.93. The number of hydrogen-bond acceptors (Lipinski definition) is 5. The van der Waals surface area contributed by atoms with Gasteiger partial charge >= 0.3 is 5.69 Å². The summed E-state index contributed by atoms with van der Waals surface area (Å²) in [7, 11) is 4.20. The molecule has 3 rings (SSSR count). The van der Waals surface area contributed by atoms with Crippen LogP contribution in [0.1, 0.15) is 16.1 Å². The zero-order valence-corrected chi connectivity index (χ0v) is 13.9. The fourth-order valence-corrected chi connectivity index (χ4v) is 2.71. The SMILES string of the molecule is Cn1c(=O)c2c(C(=O)NCc3ccco3)cc(=O)n(C)c2n(C)c1=O. The van der Waals surface area contributed by atoms with Crippen LogP contribution in [0.5, 0.6) is 0 Å². The fraction of sp³-hybridized carbons (Fsp3) is 0.250. The summed E-state index contributed by atoms with van der Waals surface area (Å²) in [4.78, 5) is 49.4. The summed E-state index contributed by atoms with van der Waals surface area (Å²) in [6.45, 7) is 0.106. The molecule has 9 heteroatoms. The van der Waals surface area contributed by atoms with E-state index in [1.165, 1.54) is 36.5 Å². The average Bonchev–Trinajstić information content (AvgIpc) is 3.11. The van der Waals surface area contributed by atoms with Crippen LogP contribution < -0.4 is 22.1 Å². The van der Waals surface area contributed by atoms with Crippen LogP contribution in [0.3, 0.4) is 0 Å². The lowest BCUT2D eigenvalue weighted by atomic mass is 10.1. The Labute approximate surface area is 140 Å². The summed E-state index contributed by atoms with van der Waals surface area (Å²) < 4.78 is 8.37. The number of rotatable bonds is 3. The third kappa shape index (κ3) is 2.59. The summed E-state index contributed by atoms with van der Waals surface area (Å²) in [6.07, 6.45) is 1.47. The Hall–Kier alpha value is -3.36. The Morgan fingerprint density at radius 3 is 2.48 bits per heavy atom. The first-order chi connectivity index (χ1) is 11.8. The van der Waals surface area contributed by atoms with Crippen molar-refractivity contribution in [1.29, 1.82) is 0 Å². The molecular formula is C16H16N4O5. The molecule has 0 unspecified atom stereocenters. The topological polar surface area (TPSA) is 108 Å². The van der Waals surface area contributed by atoms with Crippen molar-refractivity contribution in [2.45, 2.75) is 6.54 Å². The second-order valence-electron chi connectivity index (χ2n) is 5.62. The van der Waals surface area contributed by atoms with Gasteiger partial charge in [0.25, 0.3) is 17.0 Å². The molecule has 0 aliphatic carbocycles. The number of amides is 1. The number of aryl methyl sites for hydroxylation is 2. The van der Waals surface area contributed by atoms with Gasteiger partial charge in [-0.2, -0.15) is 0 Å². The van der Waals surface area contributed by atoms with Crippen LogP contribution in [0, 0.1) is 0 Å². The lowest BCUT2D eigenvalue weighted by Gasteiger charge is -2.13. The van der Waals surface area contributed by atoms with E-state index in [0.29, 0.717) is 5.76 Å². The highest BCUT2D eigenvalue weighted by molar-refractivity contribution is 6.05. The number of nitrogens with zero attached hydrogens (tertiary/aromatic N) is 3. The van der Waals surface area contributed by atoms with Gasteiger partial charge in [0.1, 0.15) is 11.4 Å². The molecule has 0 fully saturated rings. The molecule has 0 radical (unpaired) electrons. The Morgan fingerprint density at radius 2 is 1.84 bits per heavy atom. The lowest BCUT2D eigenvalue weighted by Crippen LogP contribution is -2.41. The summed E-state index contributed by atoms with van der Waals surface area (Å²) in [6, 6.07) is 4.46. The third-order valence-electron chi connectivity index (χ3n) is 4.07. The van der Waals surface area contributed by atoms with Gasteiger partial charge in [0.2, 0.25) is 0 Å². The smallest absolute Gasteiger partial charge is 0.332 e. The second-order valence-corrected chi connectivity index (χ2v) is 5.62. The van der Waals surface area contributed by atoms with Crippen molar-refractivity contribution in [1.82, 2.24) is 19.0 Å². The minimum atomic E-state index is -0.642. The molecule has 9 nitrogen and oxygen atoms in total. The Balaban J connectivity index is 2.23. The van der Waals surface area contributed by atoms with E-state index >= 15 is 0 Å². The van der Waals surface area contributed by atoms with Crippen molar-refractivity contribution >= 4 is 16.9 Å². The van der Waals surface area contributed by atoms with Gasteiger partial charge in [0.15, 0.2) is 0 Å². The maximum absolute atomic E-state index is 12.6. The highest BCUT2D eigenvalue weighted by Gasteiger charge is 2.20. The molecule has 0 aromatic carbocycles. The maximum Gasteiger partial charge on any atom is 0.332 e. The number of pyridine rings is 1. The number of carbonyl (C=O) groups is 1. The van der Waals surface area contributed by atoms with Gasteiger partial charge in [0.05, 0.1) is 23.8 Å². The highest BCUT2D eigenvalue weighted by atomic mass is 16.3. The molecule has 0 atom stereocenters. The zero-order valence-electron chi connectivity index (χ0n) is 13.9. The Morgan fingerprint density at radius 1 is 1.12 bits per heavy atom. The first-order valence-electron chi connectivity index (χ1n) is 7.43. The van der Waals surface area contributed by atoms with E-state index < -0.39 is 22.7 Å². The molecule has 3 aromatic heterocycles. The zero-order chi connectivity index (χ0) is 18.3. The van der Waals surface area contributed by atoms with Crippen LogP contribution in [0.15, 0.2) is 43.3 Å². The van der Waals surface area contributed by atoms with Gasteiger partial charge in [0, 0.05) is 27.2 Å². The van der Waals surface area contributed by atoms with E-state index in [1.807, 2.05) is 0 Å². The summed E-state index contributed by atoms with van der Waals surface area (Å²) in [5.41, 5.74) is -1.72. The summed E-state index contributed by atoms with van der Waals surface area (Å²) in [5.74, 6) is -0.0726. The molecule has 3 heterocycles. The van der Waals surface area contributed by atoms with Crippen molar-refractivity contribution in [3.63, 3.8) is 0 Å². The number of furan rings is 1. The van der Waals surface area contributed by atoms with Crippen molar-refractivity contribution in [3.05, 3.63) is 67.0 Å². The number of aromatic nitrogens is 3. The van der Waals surface area contributed by atoms with Gasteiger partial charge in [-0.25, -0.2) is 4.79 Å². The van der Waals surface area contributed by atoms with Crippen molar-refractivity contribution < 1.29 is 9.21 Å². The molecule has 0 bridgehead atoms. The summed E-state index contributed by atoms with van der Waals surface area (Å²) >= 11 is 0. The first-order valence-corrected chi connectivity index (χ1v) is 7.43. The van der Waals surface area contributed by atoms with Crippen molar-refractivity contribution in [2.24, 2.45) is 21.1 Å². The molecule has 0 aliphatic rings. The highest BCUT2D eigenvalue weighted by Crippen LogP contribution is 2.11. The van der Waals surface area contributed by atoms with Crippen LogP contribution in [0.25, 0.3) is 11.0 Å². The van der Waals surface area contributed by atoms with Crippen LogP contribution in [0.4, 0.5) is 0 Å². The van der Waals surface area contributed by atoms with Gasteiger partial charge < -0.3 is 9.73 Å². The average molecular weight is 344 g/mol. The standard InChI is InChI=1S/C16H16N4O5/c1-18-11(21)7-10(13(22)17-8-9-5-4-6-25-9)12-14(18)19(2)16(24)20(3)15(12)23/h4-7H,8H2,1-3H3,(H,17,22). The maximum atomic E-state index is 12.6. The largest absolute Gasteiger partial charge is 0.467 e. The molecule has 0 spiro atoms. The number of fused-ring (bicyclic) bond motifs is 1. The summed E-state index contributed by atoms with van der Waals surface area (Å²) in [5, 5.41) is 2.61. The van der Waals surface area contributed by atoms with Crippen LogP contribution in [-0.4, -0.2) is 19.6 Å². The van der Waals surface area contributed by atoms with E-state index in [-0.39, 0.29) is 23.1 Å². The van der Waals surface area contributed by atoms with E-state index in [2.05, 4.69) is 5.32 Å². The van der Waals surface area contributed by atoms with Gasteiger partial charge in [-0.05, 0) is 12.1 Å². The van der Waals surface area contributed by atoms with Crippen LogP contribution >= 0.6 is 0 Å². The predicted octanol–water partition coefficient (Wildman–Crippen LogP) is -0.541. The molecule has 1 amide bonds. The number of hydrogen-bond donors (Lipinski definition) is 1. The minimum absolute atomic E-state index is 0.00337. The number of carbonyl (C=O) groups excluding carboxylic acids is 1. The van der Waals surface area contributed by atoms with E-state index in [9.17, 15) is 19.2 Å². The molecule has 0 saturated carbocycles. The van der Waals surface area contributed by atoms with Gasteiger partial charge in [-0.15, -0.1) is 0 Å². The minimum Gasteiger partial charge on any atom is -0.467 e. The van der Waals surface area contributed by atoms with Gasteiger partial charge in [-0.1, -0.05) is 0 Å². The normalized spacial score (nSPS) is 11.0. The molecular weight excluding hydrogens is 328 g/mol. The first kappa shape index (κ1) is 16.5. The van der Waals surface area contributed by atoms with Crippen LogP contribution in [-0.2, 0) is 27.7 Å². The molecule has 130 valence electrons. The Kier molecular flexibility index (Phi) is 3.91. The molecule has 0 aliphatic heterocycles. The van der Waals surface area contributed by atoms with E-state index in [1.54, 1.807) is 12.1 Å². The molecule has 0 saturated heterocycles. The molecule has 1 N–H and O–H groups in total. The number of nitrogens with one attached hydrogen (secondary N) is 1. The van der Waals surface area contributed by atoms with Crippen molar-refractivity contribution in [3.8, 4) is 0 Å². The Bertz CT molecular complexity index is 1150. The van der Waals surface area contributed by atoms with E-state index in [4.69, 9.17) is 4.42 Å². The lowest BCUT2D eigenvalue weighted by molar-refractivity contribution is 0.0949. The molecule has 3 aromatic rings. The van der Waals surface area contributed by atoms with Crippen molar-refractivity contribution in [2.75, 3.05) is 0 Å². The van der Waals surface area contributed by atoms with E-state index in [0.717, 1.165) is 10.6 Å². The molecule has 25 heavy (non-hydrogen) atoms. The quantitative estimate of drug-likeness (QED) is 0.686. The third-order valence-corrected chi connectivity index (χ3v) is 4.07. The van der Waals surface area contributed by atoms with Gasteiger partial charge in [-0.3, -0.25) is 28.1 Å².